The molecule has 0 saturated heterocycles. The lowest BCUT2D eigenvalue weighted by atomic mass is 10.1. The van der Waals surface area contributed by atoms with Gasteiger partial charge in [-0.1, -0.05) is 22.9 Å². The summed E-state index contributed by atoms with van der Waals surface area (Å²) in [7, 11) is 7.05. The van der Waals surface area contributed by atoms with Crippen molar-refractivity contribution in [2.45, 2.75) is 0 Å². The minimum Gasteiger partial charge on any atom is -0.497 e. The number of hydrogen-bond acceptors (Lipinski definition) is 6. The highest BCUT2D eigenvalue weighted by molar-refractivity contribution is 7.22. The van der Waals surface area contributed by atoms with Crippen molar-refractivity contribution in [1.29, 1.82) is 0 Å². The number of benzene rings is 2. The highest BCUT2D eigenvalue weighted by atomic mass is 35.5. The topological polar surface area (TPSA) is 54.9 Å². The molecule has 2 aromatic carbocycles. The van der Waals surface area contributed by atoms with Gasteiger partial charge in [0, 0.05) is 29.7 Å². The lowest BCUT2D eigenvalue weighted by Gasteiger charge is -2.22. The number of rotatable bonds is 7. The summed E-state index contributed by atoms with van der Waals surface area (Å²) in [5.74, 6) is 0.960. The van der Waals surface area contributed by atoms with Crippen LogP contribution in [0, 0.1) is 0 Å². The van der Waals surface area contributed by atoms with Gasteiger partial charge in [0.15, 0.2) is 5.13 Å². The van der Waals surface area contributed by atoms with E-state index in [1.54, 1.807) is 43.4 Å². The maximum atomic E-state index is 13.4. The van der Waals surface area contributed by atoms with Crippen LogP contribution in [0.15, 0.2) is 36.4 Å². The summed E-state index contributed by atoms with van der Waals surface area (Å²) >= 11 is 7.54. The van der Waals surface area contributed by atoms with Crippen molar-refractivity contribution in [3.63, 3.8) is 0 Å². The molecule has 0 saturated carbocycles. The van der Waals surface area contributed by atoms with Crippen molar-refractivity contribution in [2.24, 2.45) is 0 Å². The molecule has 28 heavy (non-hydrogen) atoms. The fourth-order valence-corrected chi connectivity index (χ4v) is 3.94. The average Bonchev–Trinajstić information content (AvgIpc) is 3.09. The molecule has 0 bridgehead atoms. The predicted octanol–water partition coefficient (Wildman–Crippen LogP) is 4.18. The van der Waals surface area contributed by atoms with Gasteiger partial charge in [-0.05, 0) is 44.4 Å². The fraction of sp³-hybridized carbons (Fsp3) is 0.300. The highest BCUT2D eigenvalue weighted by Gasteiger charge is 2.22. The number of amides is 1. The van der Waals surface area contributed by atoms with Crippen molar-refractivity contribution >= 4 is 44.2 Å². The van der Waals surface area contributed by atoms with Crippen LogP contribution in [-0.4, -0.2) is 57.2 Å². The number of thiazole rings is 1. The minimum atomic E-state index is -0.163. The quantitative estimate of drug-likeness (QED) is 0.575. The van der Waals surface area contributed by atoms with E-state index in [-0.39, 0.29) is 5.91 Å². The van der Waals surface area contributed by atoms with Gasteiger partial charge in [-0.15, -0.1) is 0 Å². The van der Waals surface area contributed by atoms with Crippen LogP contribution in [0.3, 0.4) is 0 Å². The van der Waals surface area contributed by atoms with E-state index < -0.39 is 0 Å². The van der Waals surface area contributed by atoms with Crippen LogP contribution in [-0.2, 0) is 0 Å². The molecule has 3 rings (SSSR count). The summed E-state index contributed by atoms with van der Waals surface area (Å²) in [5, 5.41) is 1.28. The van der Waals surface area contributed by atoms with Gasteiger partial charge in [0.25, 0.3) is 5.91 Å². The van der Waals surface area contributed by atoms with Crippen molar-refractivity contribution in [3.8, 4) is 11.5 Å². The largest absolute Gasteiger partial charge is 0.497 e. The monoisotopic (exact) mass is 419 g/mol. The third-order valence-electron chi connectivity index (χ3n) is 4.18. The Bertz CT molecular complexity index is 968. The standard InChI is InChI=1S/C20H22ClN3O3S/c1-23(2)7-8-24(20-22-17-6-5-14(21)11-18(17)28-20)19(25)13-9-15(26-3)12-16(10-13)27-4/h5-6,9-12H,7-8H2,1-4H3. The molecular weight excluding hydrogens is 398 g/mol. The molecule has 148 valence electrons. The van der Waals surface area contributed by atoms with Crippen LogP contribution < -0.4 is 14.4 Å². The van der Waals surface area contributed by atoms with E-state index in [4.69, 9.17) is 21.1 Å². The molecule has 1 heterocycles. The molecule has 6 nitrogen and oxygen atoms in total. The first-order valence-corrected chi connectivity index (χ1v) is 9.86. The molecule has 0 aliphatic heterocycles. The smallest absolute Gasteiger partial charge is 0.260 e. The van der Waals surface area contributed by atoms with Crippen LogP contribution >= 0.6 is 22.9 Å². The van der Waals surface area contributed by atoms with Crippen LogP contribution in [0.5, 0.6) is 11.5 Å². The number of likely N-dealkylation sites (N-methyl/N-ethyl adjacent to an activating group) is 1. The van der Waals surface area contributed by atoms with Gasteiger partial charge in [0.1, 0.15) is 11.5 Å². The maximum absolute atomic E-state index is 13.4. The normalized spacial score (nSPS) is 11.1. The van der Waals surface area contributed by atoms with Crippen LogP contribution in [0.1, 0.15) is 10.4 Å². The molecule has 3 aromatic rings. The lowest BCUT2D eigenvalue weighted by Crippen LogP contribution is -2.36. The predicted molar refractivity (Wildman–Crippen MR) is 114 cm³/mol. The van der Waals surface area contributed by atoms with E-state index in [1.807, 2.05) is 31.1 Å². The summed E-state index contributed by atoms with van der Waals surface area (Å²) in [4.78, 5) is 21.7. The Hall–Kier alpha value is -2.35. The third kappa shape index (κ3) is 4.55. The van der Waals surface area contributed by atoms with Crippen LogP contribution in [0.2, 0.25) is 5.02 Å². The van der Waals surface area contributed by atoms with Gasteiger partial charge in [-0.2, -0.15) is 0 Å². The SMILES string of the molecule is COc1cc(OC)cc(C(=O)N(CCN(C)C)c2nc3ccc(Cl)cc3s2)c1. The molecule has 0 radical (unpaired) electrons. The number of nitrogens with zero attached hydrogens (tertiary/aromatic N) is 3. The van der Waals surface area contributed by atoms with E-state index in [2.05, 4.69) is 4.98 Å². The first-order valence-electron chi connectivity index (χ1n) is 8.67. The van der Waals surface area contributed by atoms with Gasteiger partial charge in [0.2, 0.25) is 0 Å². The van der Waals surface area contributed by atoms with Gasteiger partial charge in [0.05, 0.1) is 24.4 Å². The Morgan fingerprint density at radius 2 is 1.75 bits per heavy atom. The zero-order valence-corrected chi connectivity index (χ0v) is 17.8. The second-order valence-electron chi connectivity index (χ2n) is 6.47. The van der Waals surface area contributed by atoms with Crippen molar-refractivity contribution in [3.05, 3.63) is 47.0 Å². The molecule has 0 spiro atoms. The molecule has 1 amide bonds. The number of ether oxygens (including phenoxy) is 2. The number of fused-ring (bicyclic) bond motifs is 1. The molecule has 0 atom stereocenters. The zero-order chi connectivity index (χ0) is 20.3. The molecule has 0 fully saturated rings. The third-order valence-corrected chi connectivity index (χ3v) is 5.46. The second-order valence-corrected chi connectivity index (χ2v) is 7.92. The van der Waals surface area contributed by atoms with E-state index in [0.717, 1.165) is 10.2 Å². The number of aromatic nitrogens is 1. The van der Waals surface area contributed by atoms with Crippen molar-refractivity contribution in [2.75, 3.05) is 46.3 Å². The van der Waals surface area contributed by atoms with Crippen molar-refractivity contribution < 1.29 is 14.3 Å². The molecule has 0 aliphatic rings. The Labute approximate surface area is 173 Å². The first-order chi connectivity index (χ1) is 13.4. The van der Waals surface area contributed by atoms with E-state index >= 15 is 0 Å². The number of hydrogen-bond donors (Lipinski definition) is 0. The average molecular weight is 420 g/mol. The number of carbonyl (C=O) groups excluding carboxylic acids is 1. The Kier molecular flexibility index (Phi) is 6.39. The van der Waals surface area contributed by atoms with E-state index in [0.29, 0.717) is 40.3 Å². The number of carbonyl (C=O) groups is 1. The van der Waals surface area contributed by atoms with Crippen LogP contribution in [0.25, 0.3) is 10.2 Å². The van der Waals surface area contributed by atoms with Crippen molar-refractivity contribution in [1.82, 2.24) is 9.88 Å². The Balaban J connectivity index is 2.02. The number of anilines is 1. The lowest BCUT2D eigenvalue weighted by molar-refractivity contribution is 0.0984. The minimum absolute atomic E-state index is 0.163. The molecule has 0 N–H and O–H groups in total. The Morgan fingerprint density at radius 1 is 1.07 bits per heavy atom. The van der Waals surface area contributed by atoms with Gasteiger partial charge in [-0.25, -0.2) is 4.98 Å². The second kappa shape index (κ2) is 8.77. The summed E-state index contributed by atoms with van der Waals surface area (Å²) in [5.41, 5.74) is 1.29. The Morgan fingerprint density at radius 3 is 2.36 bits per heavy atom. The zero-order valence-electron chi connectivity index (χ0n) is 16.2. The number of halogens is 1. The molecular formula is C20H22ClN3O3S. The highest BCUT2D eigenvalue weighted by Crippen LogP contribution is 2.32. The molecule has 0 aliphatic carbocycles. The van der Waals surface area contributed by atoms with E-state index in [9.17, 15) is 4.79 Å². The van der Waals surface area contributed by atoms with Crippen LogP contribution in [0.4, 0.5) is 5.13 Å². The molecule has 1 aromatic heterocycles. The summed E-state index contributed by atoms with van der Waals surface area (Å²) < 4.78 is 11.5. The maximum Gasteiger partial charge on any atom is 0.260 e. The fourth-order valence-electron chi connectivity index (χ4n) is 2.67. The van der Waals surface area contributed by atoms with Gasteiger partial charge in [-0.3, -0.25) is 9.69 Å². The number of methoxy groups -OCH3 is 2. The van der Waals surface area contributed by atoms with E-state index in [1.165, 1.54) is 11.3 Å². The summed E-state index contributed by atoms with van der Waals surface area (Å²) in [6, 6.07) is 10.7. The summed E-state index contributed by atoms with van der Waals surface area (Å²) in [6.07, 6.45) is 0. The summed E-state index contributed by atoms with van der Waals surface area (Å²) in [6.45, 7) is 1.20. The first kappa shape index (κ1) is 20.4. The molecule has 8 heteroatoms. The van der Waals surface area contributed by atoms with Gasteiger partial charge >= 0.3 is 0 Å². The molecule has 0 unspecified atom stereocenters. The van der Waals surface area contributed by atoms with Gasteiger partial charge < -0.3 is 14.4 Å².